The van der Waals surface area contributed by atoms with Crippen LogP contribution in [-0.4, -0.2) is 33.2 Å². The lowest BCUT2D eigenvalue weighted by atomic mass is 10.1. The Kier molecular flexibility index (Phi) is 7.02. The minimum absolute atomic E-state index is 0.156. The van der Waals surface area contributed by atoms with Crippen LogP contribution in [0.25, 0.3) is 6.08 Å². The zero-order valence-electron chi connectivity index (χ0n) is 15.4. The monoisotopic (exact) mass is 400 g/mol. The van der Waals surface area contributed by atoms with Gasteiger partial charge in [0.25, 0.3) is 5.91 Å². The predicted octanol–water partition coefficient (Wildman–Crippen LogP) is 3.69. The van der Waals surface area contributed by atoms with Crippen molar-refractivity contribution in [1.29, 1.82) is 5.26 Å². The van der Waals surface area contributed by atoms with Crippen molar-refractivity contribution in [2.45, 2.75) is 0 Å². The number of anilines is 1. The zero-order valence-corrected chi connectivity index (χ0v) is 16.2. The molecule has 0 fully saturated rings. The molecular formula is C20H17ClN2O5. The smallest absolute Gasteiger partial charge is 0.337 e. The average molecular weight is 401 g/mol. The highest BCUT2D eigenvalue weighted by atomic mass is 35.5. The van der Waals surface area contributed by atoms with Crippen molar-refractivity contribution in [2.75, 3.05) is 26.6 Å². The molecule has 144 valence electrons. The lowest BCUT2D eigenvalue weighted by Gasteiger charge is -2.10. The fourth-order valence-corrected chi connectivity index (χ4v) is 2.56. The summed E-state index contributed by atoms with van der Waals surface area (Å²) in [7, 11) is 4.20. The Balaban J connectivity index is 2.27. The van der Waals surface area contributed by atoms with Gasteiger partial charge in [0.15, 0.2) is 0 Å². The first kappa shape index (κ1) is 20.8. The SMILES string of the molecule is COC(=O)c1ccc(NC(=O)/C(C#N)=C/c2cc(Cl)c(OC)cc2OC)cc1. The summed E-state index contributed by atoms with van der Waals surface area (Å²) < 4.78 is 15.0. The van der Waals surface area contributed by atoms with Gasteiger partial charge in [-0.2, -0.15) is 5.26 Å². The van der Waals surface area contributed by atoms with Crippen LogP contribution < -0.4 is 14.8 Å². The van der Waals surface area contributed by atoms with Crippen molar-refractivity contribution in [3.8, 4) is 17.6 Å². The van der Waals surface area contributed by atoms with Gasteiger partial charge in [0.2, 0.25) is 0 Å². The van der Waals surface area contributed by atoms with E-state index < -0.39 is 11.9 Å². The highest BCUT2D eigenvalue weighted by molar-refractivity contribution is 6.32. The Labute approximate surface area is 167 Å². The number of nitrogens with one attached hydrogen (secondary N) is 1. The summed E-state index contributed by atoms with van der Waals surface area (Å²) in [6.45, 7) is 0. The van der Waals surface area contributed by atoms with E-state index in [1.165, 1.54) is 57.7 Å². The summed E-state index contributed by atoms with van der Waals surface area (Å²) in [4.78, 5) is 23.9. The third-order valence-electron chi connectivity index (χ3n) is 3.73. The highest BCUT2D eigenvalue weighted by Crippen LogP contribution is 2.33. The van der Waals surface area contributed by atoms with E-state index in [9.17, 15) is 14.9 Å². The molecule has 2 aromatic rings. The molecule has 28 heavy (non-hydrogen) atoms. The van der Waals surface area contributed by atoms with E-state index >= 15 is 0 Å². The van der Waals surface area contributed by atoms with Crippen LogP contribution >= 0.6 is 11.6 Å². The summed E-state index contributed by atoms with van der Waals surface area (Å²) in [5.74, 6) is -0.310. The third kappa shape index (κ3) is 4.81. The van der Waals surface area contributed by atoms with Crippen LogP contribution in [0, 0.1) is 11.3 Å². The minimum atomic E-state index is -0.623. The quantitative estimate of drug-likeness (QED) is 0.451. The van der Waals surface area contributed by atoms with E-state index in [1.54, 1.807) is 6.07 Å². The Morgan fingerprint density at radius 1 is 1.07 bits per heavy atom. The molecule has 0 aromatic heterocycles. The number of amides is 1. The van der Waals surface area contributed by atoms with E-state index in [0.29, 0.717) is 33.3 Å². The number of nitriles is 1. The number of ether oxygens (including phenoxy) is 3. The van der Waals surface area contributed by atoms with Crippen LogP contribution in [0.3, 0.4) is 0 Å². The van der Waals surface area contributed by atoms with Crippen molar-refractivity contribution < 1.29 is 23.8 Å². The average Bonchev–Trinajstić information content (AvgIpc) is 2.71. The van der Waals surface area contributed by atoms with Gasteiger partial charge >= 0.3 is 5.97 Å². The molecule has 0 aliphatic rings. The second kappa shape index (κ2) is 9.44. The third-order valence-corrected chi connectivity index (χ3v) is 4.03. The molecule has 0 spiro atoms. The molecule has 0 radical (unpaired) electrons. The Bertz CT molecular complexity index is 962. The first-order valence-electron chi connectivity index (χ1n) is 7.96. The number of halogens is 1. The van der Waals surface area contributed by atoms with Crippen LogP contribution in [0.2, 0.25) is 5.02 Å². The van der Waals surface area contributed by atoms with Crippen molar-refractivity contribution >= 4 is 35.2 Å². The van der Waals surface area contributed by atoms with Crippen molar-refractivity contribution in [1.82, 2.24) is 0 Å². The molecule has 2 aromatic carbocycles. The number of hydrogen-bond acceptors (Lipinski definition) is 6. The Hall–Kier alpha value is -3.50. The Morgan fingerprint density at radius 2 is 1.71 bits per heavy atom. The molecular weight excluding hydrogens is 384 g/mol. The van der Waals surface area contributed by atoms with Gasteiger partial charge in [-0.1, -0.05) is 11.6 Å². The molecule has 7 nitrogen and oxygen atoms in total. The summed E-state index contributed by atoms with van der Waals surface area (Å²) >= 11 is 6.12. The van der Waals surface area contributed by atoms with Gasteiger partial charge in [0.1, 0.15) is 23.1 Å². The zero-order chi connectivity index (χ0) is 20.7. The predicted molar refractivity (Wildman–Crippen MR) is 105 cm³/mol. The van der Waals surface area contributed by atoms with Crippen molar-refractivity contribution in [3.05, 3.63) is 58.1 Å². The maximum Gasteiger partial charge on any atom is 0.337 e. The number of benzene rings is 2. The highest BCUT2D eigenvalue weighted by Gasteiger charge is 2.14. The molecule has 8 heteroatoms. The van der Waals surface area contributed by atoms with Crippen molar-refractivity contribution in [2.24, 2.45) is 0 Å². The molecule has 2 rings (SSSR count). The normalized spacial score (nSPS) is 10.6. The van der Waals surface area contributed by atoms with Gasteiger partial charge in [-0.05, 0) is 36.4 Å². The first-order chi connectivity index (χ1) is 13.4. The van der Waals surface area contributed by atoms with Crippen LogP contribution in [-0.2, 0) is 9.53 Å². The summed E-state index contributed by atoms with van der Waals surface area (Å²) in [5, 5.41) is 12.3. The second-order valence-electron chi connectivity index (χ2n) is 5.42. The van der Waals surface area contributed by atoms with Crippen molar-refractivity contribution in [3.63, 3.8) is 0 Å². The lowest BCUT2D eigenvalue weighted by molar-refractivity contribution is -0.112. The number of methoxy groups -OCH3 is 3. The van der Waals surface area contributed by atoms with E-state index in [2.05, 4.69) is 10.1 Å². The van der Waals surface area contributed by atoms with Crippen LogP contribution in [0.5, 0.6) is 11.5 Å². The van der Waals surface area contributed by atoms with E-state index in [4.69, 9.17) is 21.1 Å². The molecule has 0 saturated heterocycles. The second-order valence-corrected chi connectivity index (χ2v) is 5.83. The summed E-state index contributed by atoms with van der Waals surface area (Å²) in [6, 6.07) is 11.0. The van der Waals surface area contributed by atoms with Gasteiger partial charge < -0.3 is 19.5 Å². The molecule has 0 aliphatic heterocycles. The van der Waals surface area contributed by atoms with Crippen LogP contribution in [0.15, 0.2) is 42.0 Å². The van der Waals surface area contributed by atoms with E-state index in [-0.39, 0.29) is 5.57 Å². The number of carbonyl (C=O) groups is 2. The first-order valence-corrected chi connectivity index (χ1v) is 8.34. The maximum absolute atomic E-state index is 12.4. The molecule has 0 unspecified atom stereocenters. The molecule has 1 amide bonds. The van der Waals surface area contributed by atoms with Gasteiger partial charge in [0.05, 0.1) is 31.9 Å². The molecule has 0 atom stereocenters. The number of rotatable bonds is 6. The number of nitrogens with zero attached hydrogens (tertiary/aromatic N) is 1. The van der Waals surface area contributed by atoms with Crippen LogP contribution in [0.4, 0.5) is 5.69 Å². The van der Waals surface area contributed by atoms with E-state index in [1.807, 2.05) is 6.07 Å². The molecule has 0 bridgehead atoms. The fraction of sp³-hybridized carbons (Fsp3) is 0.150. The summed E-state index contributed by atoms with van der Waals surface area (Å²) in [5.41, 5.74) is 1.05. The van der Waals surface area contributed by atoms with Gasteiger partial charge in [-0.25, -0.2) is 4.79 Å². The van der Waals surface area contributed by atoms with E-state index in [0.717, 1.165) is 0 Å². The molecule has 1 N–H and O–H groups in total. The summed E-state index contributed by atoms with van der Waals surface area (Å²) in [6.07, 6.45) is 1.36. The number of esters is 1. The van der Waals surface area contributed by atoms with Gasteiger partial charge in [-0.3, -0.25) is 4.79 Å². The number of hydrogen-bond donors (Lipinski definition) is 1. The van der Waals surface area contributed by atoms with Crippen LogP contribution in [0.1, 0.15) is 15.9 Å². The number of carbonyl (C=O) groups excluding carboxylic acids is 2. The lowest BCUT2D eigenvalue weighted by Crippen LogP contribution is -2.13. The standard InChI is InChI=1S/C20H17ClN2O5/c1-26-17-10-18(27-2)16(21)9-13(17)8-14(11-22)19(24)23-15-6-4-12(5-7-15)20(25)28-3/h4-10H,1-3H3,(H,23,24)/b14-8+. The van der Waals surface area contributed by atoms with Gasteiger partial charge in [0, 0.05) is 17.3 Å². The Morgan fingerprint density at radius 3 is 2.25 bits per heavy atom. The fourth-order valence-electron chi connectivity index (χ4n) is 2.31. The van der Waals surface area contributed by atoms with Gasteiger partial charge in [-0.15, -0.1) is 0 Å². The minimum Gasteiger partial charge on any atom is -0.496 e. The molecule has 0 heterocycles. The maximum atomic E-state index is 12.4. The topological polar surface area (TPSA) is 97.7 Å². The molecule has 0 saturated carbocycles. The molecule has 0 aliphatic carbocycles. The largest absolute Gasteiger partial charge is 0.496 e.